The van der Waals surface area contributed by atoms with Gasteiger partial charge >= 0.3 is 5.97 Å². The zero-order chi connectivity index (χ0) is 24.3. The highest BCUT2D eigenvalue weighted by atomic mass is 35.5. The molecule has 172 valence electrons. The van der Waals surface area contributed by atoms with Crippen molar-refractivity contribution in [1.29, 1.82) is 0 Å². The van der Waals surface area contributed by atoms with Gasteiger partial charge in [0.05, 0.1) is 34.0 Å². The van der Waals surface area contributed by atoms with Gasteiger partial charge < -0.3 is 10.1 Å². The molecule has 33 heavy (non-hydrogen) atoms. The van der Waals surface area contributed by atoms with Gasteiger partial charge in [0.1, 0.15) is 0 Å². The Hall–Kier alpha value is -3.36. The fraction of sp³-hybridized carbons (Fsp3) is 0.167. The third-order valence-corrected chi connectivity index (χ3v) is 6.84. The lowest BCUT2D eigenvalue weighted by atomic mass is 10.1. The van der Waals surface area contributed by atoms with Crippen molar-refractivity contribution < 1.29 is 22.7 Å². The molecule has 0 aromatic heterocycles. The predicted octanol–water partition coefficient (Wildman–Crippen LogP) is 5.10. The van der Waals surface area contributed by atoms with Gasteiger partial charge in [-0.25, -0.2) is 13.2 Å². The van der Waals surface area contributed by atoms with E-state index in [4.69, 9.17) is 11.6 Å². The van der Waals surface area contributed by atoms with Gasteiger partial charge in [0, 0.05) is 5.56 Å². The van der Waals surface area contributed by atoms with Crippen molar-refractivity contribution in [3.63, 3.8) is 0 Å². The topological polar surface area (TPSA) is 102 Å². The van der Waals surface area contributed by atoms with Gasteiger partial charge in [-0.1, -0.05) is 35.4 Å². The summed E-state index contributed by atoms with van der Waals surface area (Å²) < 4.78 is 33.4. The number of methoxy groups -OCH3 is 1. The molecule has 0 aliphatic heterocycles. The van der Waals surface area contributed by atoms with E-state index >= 15 is 0 Å². The van der Waals surface area contributed by atoms with Crippen molar-refractivity contribution in [2.24, 2.45) is 0 Å². The standard InChI is InChI=1S/C24H23ClN2O5S/c1-14-5-10-20(16(3)11-14)27-33(30,31)22-13-17(7-6-15(22)2)23(28)26-21-12-18(24(29)32-4)8-9-19(21)25/h5-13,27H,1-4H3,(H,26,28). The monoisotopic (exact) mass is 486 g/mol. The fourth-order valence-corrected chi connectivity index (χ4v) is 4.79. The zero-order valence-corrected chi connectivity index (χ0v) is 20.1. The Labute approximate surface area is 197 Å². The first kappa shape index (κ1) is 24.3. The maximum absolute atomic E-state index is 13.1. The van der Waals surface area contributed by atoms with Crippen LogP contribution in [0.1, 0.15) is 37.4 Å². The first-order valence-corrected chi connectivity index (χ1v) is 11.8. The molecule has 2 N–H and O–H groups in total. The number of nitrogens with one attached hydrogen (secondary N) is 2. The molecule has 9 heteroatoms. The Morgan fingerprint density at radius 1 is 0.848 bits per heavy atom. The van der Waals surface area contributed by atoms with Crippen molar-refractivity contribution in [3.05, 3.63) is 87.4 Å². The quantitative estimate of drug-likeness (QED) is 0.472. The van der Waals surface area contributed by atoms with E-state index < -0.39 is 21.9 Å². The number of rotatable bonds is 6. The molecule has 0 saturated carbocycles. The average molecular weight is 487 g/mol. The number of esters is 1. The van der Waals surface area contributed by atoms with Gasteiger partial charge in [0.25, 0.3) is 15.9 Å². The van der Waals surface area contributed by atoms with Gasteiger partial charge in [-0.05, 0) is 68.3 Å². The van der Waals surface area contributed by atoms with Crippen molar-refractivity contribution in [1.82, 2.24) is 0 Å². The summed E-state index contributed by atoms with van der Waals surface area (Å²) >= 11 is 6.15. The molecule has 0 fully saturated rings. The number of sulfonamides is 1. The van der Waals surface area contributed by atoms with E-state index in [1.54, 1.807) is 19.1 Å². The Kier molecular flexibility index (Phi) is 7.09. The van der Waals surface area contributed by atoms with Crippen LogP contribution in [0.4, 0.5) is 11.4 Å². The number of ether oxygens (including phenoxy) is 1. The fourth-order valence-electron chi connectivity index (χ4n) is 3.22. The average Bonchev–Trinajstić information content (AvgIpc) is 2.76. The second-order valence-corrected chi connectivity index (χ2v) is 9.60. The van der Waals surface area contributed by atoms with Crippen LogP contribution in [-0.4, -0.2) is 27.4 Å². The lowest BCUT2D eigenvalue weighted by molar-refractivity contribution is 0.0600. The first-order valence-electron chi connectivity index (χ1n) is 9.92. The van der Waals surface area contributed by atoms with E-state index in [1.807, 2.05) is 26.0 Å². The summed E-state index contributed by atoms with van der Waals surface area (Å²) in [5, 5.41) is 2.83. The van der Waals surface area contributed by atoms with Crippen LogP contribution in [-0.2, 0) is 14.8 Å². The van der Waals surface area contributed by atoms with E-state index in [0.717, 1.165) is 11.1 Å². The molecule has 3 aromatic rings. The minimum absolute atomic E-state index is 0.0236. The summed E-state index contributed by atoms with van der Waals surface area (Å²) in [4.78, 5) is 24.6. The van der Waals surface area contributed by atoms with Gasteiger partial charge in [-0.3, -0.25) is 9.52 Å². The van der Waals surface area contributed by atoms with Gasteiger partial charge in [0.15, 0.2) is 0 Å². The predicted molar refractivity (Wildman–Crippen MR) is 129 cm³/mol. The summed E-state index contributed by atoms with van der Waals surface area (Å²) in [6, 6.07) is 14.1. The molecule has 0 atom stereocenters. The molecule has 3 aromatic carbocycles. The summed E-state index contributed by atoms with van der Waals surface area (Å²) in [5.74, 6) is -1.16. The second-order valence-electron chi connectivity index (χ2n) is 7.54. The van der Waals surface area contributed by atoms with Crippen molar-refractivity contribution in [3.8, 4) is 0 Å². The maximum atomic E-state index is 13.1. The highest BCUT2D eigenvalue weighted by Crippen LogP contribution is 2.26. The molecule has 0 bridgehead atoms. The Morgan fingerprint density at radius 2 is 1.55 bits per heavy atom. The van der Waals surface area contributed by atoms with Gasteiger partial charge in [0.2, 0.25) is 0 Å². The number of aryl methyl sites for hydroxylation is 3. The minimum Gasteiger partial charge on any atom is -0.465 e. The van der Waals surface area contributed by atoms with Gasteiger partial charge in [-0.2, -0.15) is 0 Å². The number of benzene rings is 3. The molecule has 7 nitrogen and oxygen atoms in total. The summed E-state index contributed by atoms with van der Waals surface area (Å²) in [6.07, 6.45) is 0. The number of carbonyl (C=O) groups excluding carboxylic acids is 2. The number of hydrogen-bond acceptors (Lipinski definition) is 5. The van der Waals surface area contributed by atoms with Crippen LogP contribution in [0.25, 0.3) is 0 Å². The number of amides is 1. The molecule has 0 spiro atoms. The highest BCUT2D eigenvalue weighted by molar-refractivity contribution is 7.92. The van der Waals surface area contributed by atoms with Crippen LogP contribution in [0.3, 0.4) is 0 Å². The lowest BCUT2D eigenvalue weighted by Gasteiger charge is -2.14. The van der Waals surface area contributed by atoms with E-state index in [2.05, 4.69) is 14.8 Å². The van der Waals surface area contributed by atoms with E-state index in [0.29, 0.717) is 11.3 Å². The Morgan fingerprint density at radius 3 is 2.21 bits per heavy atom. The van der Waals surface area contributed by atoms with Gasteiger partial charge in [-0.15, -0.1) is 0 Å². The molecule has 0 heterocycles. The van der Waals surface area contributed by atoms with Crippen molar-refractivity contribution in [2.75, 3.05) is 17.1 Å². The lowest BCUT2D eigenvalue weighted by Crippen LogP contribution is -2.18. The van der Waals surface area contributed by atoms with Crippen LogP contribution in [0, 0.1) is 20.8 Å². The van der Waals surface area contributed by atoms with Crippen molar-refractivity contribution >= 4 is 44.9 Å². The molecular weight excluding hydrogens is 464 g/mol. The normalized spacial score (nSPS) is 11.1. The second kappa shape index (κ2) is 9.64. The third kappa shape index (κ3) is 5.53. The summed E-state index contributed by atoms with van der Waals surface area (Å²) in [7, 11) is -2.71. The van der Waals surface area contributed by atoms with Crippen LogP contribution >= 0.6 is 11.6 Å². The van der Waals surface area contributed by atoms with Crippen LogP contribution in [0.2, 0.25) is 5.02 Å². The molecule has 0 radical (unpaired) electrons. The molecule has 0 unspecified atom stereocenters. The van der Waals surface area contributed by atoms with Crippen LogP contribution in [0.5, 0.6) is 0 Å². The Bertz CT molecular complexity index is 1350. The number of halogens is 1. The molecule has 0 aliphatic carbocycles. The SMILES string of the molecule is COC(=O)c1ccc(Cl)c(NC(=O)c2ccc(C)c(S(=O)(=O)Nc3ccc(C)cc3C)c2)c1. The first-order chi connectivity index (χ1) is 15.5. The maximum Gasteiger partial charge on any atom is 0.337 e. The van der Waals surface area contributed by atoms with E-state index in [-0.39, 0.29) is 26.7 Å². The molecule has 0 saturated heterocycles. The molecule has 0 aliphatic rings. The zero-order valence-electron chi connectivity index (χ0n) is 18.5. The highest BCUT2D eigenvalue weighted by Gasteiger charge is 2.21. The largest absolute Gasteiger partial charge is 0.465 e. The van der Waals surface area contributed by atoms with Crippen LogP contribution in [0.15, 0.2) is 59.5 Å². The molecule has 3 rings (SSSR count). The minimum atomic E-state index is -3.95. The summed E-state index contributed by atoms with van der Waals surface area (Å²) in [5.41, 5.74) is 3.26. The van der Waals surface area contributed by atoms with Crippen molar-refractivity contribution in [2.45, 2.75) is 25.7 Å². The number of hydrogen-bond donors (Lipinski definition) is 2. The summed E-state index contributed by atoms with van der Waals surface area (Å²) in [6.45, 7) is 5.38. The van der Waals surface area contributed by atoms with E-state index in [9.17, 15) is 18.0 Å². The molecule has 1 amide bonds. The number of anilines is 2. The van der Waals surface area contributed by atoms with E-state index in [1.165, 1.54) is 37.4 Å². The Balaban J connectivity index is 1.91. The van der Waals surface area contributed by atoms with Crippen LogP contribution < -0.4 is 10.0 Å². The number of carbonyl (C=O) groups is 2. The third-order valence-electron chi connectivity index (χ3n) is 5.00. The molecular formula is C24H23ClN2O5S. The smallest absolute Gasteiger partial charge is 0.337 e.